The first-order valence-electron chi connectivity index (χ1n) is 6.11. The van der Waals surface area contributed by atoms with Crippen molar-refractivity contribution in [2.45, 2.75) is 43.8 Å². The standard InChI is InChI=1S/C14H19BrO2/c1-17-12-6-4-8-14(16,10-12)9-11-5-2-3-7-13(11)15/h2-3,5,7,12,16H,4,6,8-10H2,1H3. The molecule has 0 spiro atoms. The quantitative estimate of drug-likeness (QED) is 0.928. The first-order chi connectivity index (χ1) is 8.13. The molecule has 2 rings (SSSR count). The maximum absolute atomic E-state index is 10.6. The van der Waals surface area contributed by atoms with Crippen molar-refractivity contribution in [3.05, 3.63) is 34.3 Å². The smallest absolute Gasteiger partial charge is 0.0713 e. The molecule has 94 valence electrons. The predicted octanol–water partition coefficient (Wildman–Crippen LogP) is 3.31. The molecule has 1 aromatic rings. The molecular weight excluding hydrogens is 280 g/mol. The largest absolute Gasteiger partial charge is 0.389 e. The number of methoxy groups -OCH3 is 1. The van der Waals surface area contributed by atoms with E-state index in [0.717, 1.165) is 30.2 Å². The van der Waals surface area contributed by atoms with Gasteiger partial charge in [-0.25, -0.2) is 0 Å². The van der Waals surface area contributed by atoms with Crippen LogP contribution in [0, 0.1) is 0 Å². The lowest BCUT2D eigenvalue weighted by Crippen LogP contribution is -2.40. The van der Waals surface area contributed by atoms with Crippen LogP contribution in [-0.2, 0) is 11.2 Å². The average Bonchev–Trinajstić information content (AvgIpc) is 2.32. The third-order valence-electron chi connectivity index (χ3n) is 3.59. The Morgan fingerprint density at radius 3 is 2.94 bits per heavy atom. The molecular formula is C14H19BrO2. The Labute approximate surface area is 111 Å². The Balaban J connectivity index is 2.09. The van der Waals surface area contributed by atoms with E-state index < -0.39 is 5.60 Å². The predicted molar refractivity (Wildman–Crippen MR) is 72.1 cm³/mol. The van der Waals surface area contributed by atoms with Gasteiger partial charge in [-0.1, -0.05) is 34.1 Å². The van der Waals surface area contributed by atoms with Gasteiger partial charge in [0.25, 0.3) is 0 Å². The third kappa shape index (κ3) is 3.30. The molecule has 0 heterocycles. The highest BCUT2D eigenvalue weighted by Gasteiger charge is 2.34. The summed E-state index contributed by atoms with van der Waals surface area (Å²) in [5.74, 6) is 0. The van der Waals surface area contributed by atoms with Gasteiger partial charge in [0.2, 0.25) is 0 Å². The van der Waals surface area contributed by atoms with Crippen LogP contribution < -0.4 is 0 Å². The van der Waals surface area contributed by atoms with Crippen LogP contribution in [0.25, 0.3) is 0 Å². The van der Waals surface area contributed by atoms with E-state index in [9.17, 15) is 5.11 Å². The number of hydrogen-bond donors (Lipinski definition) is 1. The van der Waals surface area contributed by atoms with Crippen LogP contribution in [0.15, 0.2) is 28.7 Å². The molecule has 17 heavy (non-hydrogen) atoms. The van der Waals surface area contributed by atoms with E-state index >= 15 is 0 Å². The molecule has 1 aliphatic carbocycles. The van der Waals surface area contributed by atoms with Crippen LogP contribution in [0.4, 0.5) is 0 Å². The van der Waals surface area contributed by atoms with Crippen LogP contribution in [0.1, 0.15) is 31.2 Å². The molecule has 0 amide bonds. The lowest BCUT2D eigenvalue weighted by molar-refractivity contribution is -0.0582. The molecule has 3 heteroatoms. The summed E-state index contributed by atoms with van der Waals surface area (Å²) >= 11 is 3.54. The Kier molecular flexibility index (Phi) is 4.23. The van der Waals surface area contributed by atoms with Gasteiger partial charge in [0.15, 0.2) is 0 Å². The van der Waals surface area contributed by atoms with Crippen molar-refractivity contribution < 1.29 is 9.84 Å². The van der Waals surface area contributed by atoms with E-state index in [2.05, 4.69) is 22.0 Å². The van der Waals surface area contributed by atoms with Crippen molar-refractivity contribution in [3.63, 3.8) is 0 Å². The normalized spacial score (nSPS) is 29.2. The molecule has 2 atom stereocenters. The van der Waals surface area contributed by atoms with Gasteiger partial charge in [0.05, 0.1) is 11.7 Å². The molecule has 0 aliphatic heterocycles. The average molecular weight is 299 g/mol. The Bertz CT molecular complexity index is 380. The fourth-order valence-corrected chi connectivity index (χ4v) is 3.07. The van der Waals surface area contributed by atoms with E-state index in [4.69, 9.17) is 4.74 Å². The lowest BCUT2D eigenvalue weighted by Gasteiger charge is -2.36. The molecule has 1 aliphatic rings. The van der Waals surface area contributed by atoms with E-state index in [0.29, 0.717) is 6.42 Å². The van der Waals surface area contributed by atoms with Gasteiger partial charge in [-0.05, 0) is 30.9 Å². The van der Waals surface area contributed by atoms with Gasteiger partial charge in [-0.15, -0.1) is 0 Å². The highest BCUT2D eigenvalue weighted by atomic mass is 79.9. The molecule has 0 radical (unpaired) electrons. The van der Waals surface area contributed by atoms with E-state index in [1.807, 2.05) is 18.2 Å². The van der Waals surface area contributed by atoms with Crippen LogP contribution in [0.2, 0.25) is 0 Å². The molecule has 2 unspecified atom stereocenters. The summed E-state index contributed by atoms with van der Waals surface area (Å²) in [5.41, 5.74) is 0.565. The highest BCUT2D eigenvalue weighted by molar-refractivity contribution is 9.10. The molecule has 1 N–H and O–H groups in total. The second-order valence-electron chi connectivity index (χ2n) is 4.95. The van der Waals surface area contributed by atoms with Crippen molar-refractivity contribution in [2.75, 3.05) is 7.11 Å². The topological polar surface area (TPSA) is 29.5 Å². The fourth-order valence-electron chi connectivity index (χ4n) is 2.64. The Morgan fingerprint density at radius 1 is 1.47 bits per heavy atom. The van der Waals surface area contributed by atoms with E-state index in [1.54, 1.807) is 7.11 Å². The van der Waals surface area contributed by atoms with Crippen LogP contribution in [0.5, 0.6) is 0 Å². The minimum absolute atomic E-state index is 0.205. The SMILES string of the molecule is COC1CCCC(O)(Cc2ccccc2Br)C1. The van der Waals surface area contributed by atoms with Gasteiger partial charge < -0.3 is 9.84 Å². The molecule has 0 saturated heterocycles. The number of halogens is 1. The molecule has 0 bridgehead atoms. The molecule has 0 aromatic heterocycles. The van der Waals surface area contributed by atoms with Gasteiger partial charge in [-0.3, -0.25) is 0 Å². The summed E-state index contributed by atoms with van der Waals surface area (Å²) in [6, 6.07) is 8.10. The number of aliphatic hydroxyl groups is 1. The van der Waals surface area contributed by atoms with Crippen molar-refractivity contribution in [1.82, 2.24) is 0 Å². The van der Waals surface area contributed by atoms with E-state index in [1.165, 1.54) is 5.56 Å². The molecule has 1 aromatic carbocycles. The van der Waals surface area contributed by atoms with Gasteiger partial charge in [-0.2, -0.15) is 0 Å². The zero-order chi connectivity index (χ0) is 12.3. The first-order valence-corrected chi connectivity index (χ1v) is 6.91. The van der Waals surface area contributed by atoms with Crippen molar-refractivity contribution in [2.24, 2.45) is 0 Å². The second-order valence-corrected chi connectivity index (χ2v) is 5.80. The second kappa shape index (κ2) is 5.51. The molecule has 2 nitrogen and oxygen atoms in total. The summed E-state index contributed by atoms with van der Waals surface area (Å²) in [6.45, 7) is 0. The van der Waals surface area contributed by atoms with Gasteiger partial charge >= 0.3 is 0 Å². The van der Waals surface area contributed by atoms with Crippen molar-refractivity contribution in [3.8, 4) is 0 Å². The summed E-state index contributed by atoms with van der Waals surface area (Å²) in [5, 5.41) is 10.6. The summed E-state index contributed by atoms with van der Waals surface area (Å²) in [7, 11) is 1.73. The fraction of sp³-hybridized carbons (Fsp3) is 0.571. The van der Waals surface area contributed by atoms with Crippen LogP contribution >= 0.6 is 15.9 Å². The monoisotopic (exact) mass is 298 g/mol. The number of hydrogen-bond acceptors (Lipinski definition) is 2. The van der Waals surface area contributed by atoms with Crippen molar-refractivity contribution >= 4 is 15.9 Å². The zero-order valence-electron chi connectivity index (χ0n) is 10.2. The number of benzene rings is 1. The summed E-state index contributed by atoms with van der Waals surface area (Å²) in [4.78, 5) is 0. The van der Waals surface area contributed by atoms with Crippen LogP contribution in [-0.4, -0.2) is 23.9 Å². The number of ether oxygens (including phenoxy) is 1. The lowest BCUT2D eigenvalue weighted by atomic mass is 9.79. The van der Waals surface area contributed by atoms with Crippen molar-refractivity contribution in [1.29, 1.82) is 0 Å². The maximum atomic E-state index is 10.6. The minimum atomic E-state index is -0.608. The van der Waals surface area contributed by atoms with Gasteiger partial charge in [0.1, 0.15) is 0 Å². The Hall–Kier alpha value is -0.380. The third-order valence-corrected chi connectivity index (χ3v) is 4.36. The Morgan fingerprint density at radius 2 is 2.24 bits per heavy atom. The highest BCUT2D eigenvalue weighted by Crippen LogP contribution is 2.34. The minimum Gasteiger partial charge on any atom is -0.389 e. The van der Waals surface area contributed by atoms with E-state index in [-0.39, 0.29) is 6.10 Å². The maximum Gasteiger partial charge on any atom is 0.0713 e. The molecule has 1 fully saturated rings. The zero-order valence-corrected chi connectivity index (χ0v) is 11.7. The van der Waals surface area contributed by atoms with Gasteiger partial charge in [0, 0.05) is 24.4 Å². The number of rotatable bonds is 3. The summed E-state index contributed by atoms with van der Waals surface area (Å²) in [6.07, 6.45) is 4.62. The summed E-state index contributed by atoms with van der Waals surface area (Å²) < 4.78 is 6.46. The van der Waals surface area contributed by atoms with Crippen LogP contribution in [0.3, 0.4) is 0 Å². The molecule has 1 saturated carbocycles. The first kappa shape index (κ1) is 13.1.